The van der Waals surface area contributed by atoms with Crippen LogP contribution in [-0.4, -0.2) is 33.7 Å². The number of nitrogens with zero attached hydrogens (tertiary/aromatic N) is 1. The molecule has 4 nitrogen and oxygen atoms in total. The lowest BCUT2D eigenvalue weighted by Crippen LogP contribution is -2.38. The van der Waals surface area contributed by atoms with E-state index in [-0.39, 0.29) is 5.75 Å². The normalized spacial score (nSPS) is 24.4. The van der Waals surface area contributed by atoms with E-state index < -0.39 is 11.9 Å². The van der Waals surface area contributed by atoms with Gasteiger partial charge in [0.1, 0.15) is 5.75 Å². The molecule has 0 spiro atoms. The van der Waals surface area contributed by atoms with Crippen molar-refractivity contribution in [3.05, 3.63) is 29.3 Å². The van der Waals surface area contributed by atoms with Gasteiger partial charge in [0.15, 0.2) is 0 Å². The second-order valence-corrected chi connectivity index (χ2v) is 4.93. The molecular formula is C13H15NO3. The van der Waals surface area contributed by atoms with E-state index in [1.54, 1.807) is 18.2 Å². The Balaban J connectivity index is 1.98. The standard InChI is InChI=1S/C13H15NO3/c15-10-3-4-11-8(5-10)6-14(9-1-2-9)7-12(11)13(16)17/h3-5,9,12,15H,1-2,6-7H2,(H,16,17). The maximum absolute atomic E-state index is 11.3. The molecule has 1 heterocycles. The van der Waals surface area contributed by atoms with Crippen molar-refractivity contribution in [1.29, 1.82) is 0 Å². The molecule has 1 fully saturated rings. The summed E-state index contributed by atoms with van der Waals surface area (Å²) in [6.07, 6.45) is 2.33. The van der Waals surface area contributed by atoms with E-state index in [0.29, 0.717) is 12.6 Å². The first-order chi connectivity index (χ1) is 8.15. The number of hydrogen-bond acceptors (Lipinski definition) is 3. The number of benzene rings is 1. The summed E-state index contributed by atoms with van der Waals surface area (Å²) in [4.78, 5) is 13.5. The van der Waals surface area contributed by atoms with Gasteiger partial charge in [-0.1, -0.05) is 6.07 Å². The molecule has 0 saturated heterocycles. The highest BCUT2D eigenvalue weighted by atomic mass is 16.4. The Morgan fingerprint density at radius 2 is 2.12 bits per heavy atom. The van der Waals surface area contributed by atoms with Crippen molar-refractivity contribution in [3.63, 3.8) is 0 Å². The summed E-state index contributed by atoms with van der Waals surface area (Å²) < 4.78 is 0. The Bertz CT molecular complexity index is 468. The van der Waals surface area contributed by atoms with E-state index in [0.717, 1.165) is 17.7 Å². The van der Waals surface area contributed by atoms with Crippen LogP contribution in [0.5, 0.6) is 5.75 Å². The van der Waals surface area contributed by atoms with E-state index in [9.17, 15) is 15.0 Å². The summed E-state index contributed by atoms with van der Waals surface area (Å²) >= 11 is 0. The number of aromatic hydroxyl groups is 1. The van der Waals surface area contributed by atoms with E-state index in [1.807, 2.05) is 0 Å². The highest BCUT2D eigenvalue weighted by Crippen LogP contribution is 2.37. The Morgan fingerprint density at radius 3 is 2.76 bits per heavy atom. The third-order valence-electron chi connectivity index (χ3n) is 3.65. The third kappa shape index (κ3) is 1.89. The zero-order valence-corrected chi connectivity index (χ0v) is 9.47. The van der Waals surface area contributed by atoms with Crippen molar-refractivity contribution in [2.75, 3.05) is 6.54 Å². The number of carboxylic acids is 1. The molecule has 1 atom stereocenters. The van der Waals surface area contributed by atoms with Gasteiger partial charge in [-0.15, -0.1) is 0 Å². The molecule has 0 radical (unpaired) electrons. The zero-order valence-electron chi connectivity index (χ0n) is 9.47. The van der Waals surface area contributed by atoms with Gasteiger partial charge >= 0.3 is 5.97 Å². The molecule has 1 aliphatic heterocycles. The molecular weight excluding hydrogens is 218 g/mol. The van der Waals surface area contributed by atoms with Gasteiger partial charge in [0, 0.05) is 19.1 Å². The molecule has 17 heavy (non-hydrogen) atoms. The van der Waals surface area contributed by atoms with Crippen LogP contribution in [0, 0.1) is 0 Å². The smallest absolute Gasteiger partial charge is 0.312 e. The maximum Gasteiger partial charge on any atom is 0.312 e. The predicted molar refractivity (Wildman–Crippen MR) is 61.9 cm³/mol. The first-order valence-corrected chi connectivity index (χ1v) is 5.94. The predicted octanol–water partition coefficient (Wildman–Crippen LogP) is 1.54. The molecule has 1 aromatic carbocycles. The monoisotopic (exact) mass is 233 g/mol. The highest BCUT2D eigenvalue weighted by Gasteiger charge is 2.37. The summed E-state index contributed by atoms with van der Waals surface area (Å²) in [6, 6.07) is 5.56. The first-order valence-electron chi connectivity index (χ1n) is 5.94. The second-order valence-electron chi connectivity index (χ2n) is 4.93. The van der Waals surface area contributed by atoms with Crippen LogP contribution in [0.4, 0.5) is 0 Å². The minimum absolute atomic E-state index is 0.213. The second kappa shape index (κ2) is 3.74. The van der Waals surface area contributed by atoms with Gasteiger partial charge in [-0.05, 0) is 36.1 Å². The van der Waals surface area contributed by atoms with Crippen molar-refractivity contribution >= 4 is 5.97 Å². The fraction of sp³-hybridized carbons (Fsp3) is 0.462. The third-order valence-corrected chi connectivity index (χ3v) is 3.65. The maximum atomic E-state index is 11.3. The minimum atomic E-state index is -0.776. The molecule has 0 amide bonds. The van der Waals surface area contributed by atoms with Gasteiger partial charge < -0.3 is 10.2 Å². The lowest BCUT2D eigenvalue weighted by molar-refractivity contribution is -0.139. The Morgan fingerprint density at radius 1 is 1.35 bits per heavy atom. The van der Waals surface area contributed by atoms with Crippen LogP contribution in [-0.2, 0) is 11.3 Å². The van der Waals surface area contributed by atoms with Crippen LogP contribution in [0.2, 0.25) is 0 Å². The average Bonchev–Trinajstić information content (AvgIpc) is 3.10. The molecule has 1 unspecified atom stereocenters. The van der Waals surface area contributed by atoms with Crippen LogP contribution in [0.3, 0.4) is 0 Å². The van der Waals surface area contributed by atoms with E-state index in [2.05, 4.69) is 4.90 Å². The number of aliphatic carboxylic acids is 1. The van der Waals surface area contributed by atoms with Gasteiger partial charge in [-0.3, -0.25) is 9.69 Å². The molecule has 4 heteroatoms. The van der Waals surface area contributed by atoms with Gasteiger partial charge in [-0.2, -0.15) is 0 Å². The molecule has 3 rings (SSSR count). The summed E-state index contributed by atoms with van der Waals surface area (Å²) in [6.45, 7) is 1.36. The fourth-order valence-electron chi connectivity index (χ4n) is 2.61. The van der Waals surface area contributed by atoms with Gasteiger partial charge in [0.2, 0.25) is 0 Å². The molecule has 2 N–H and O–H groups in total. The SMILES string of the molecule is O=C(O)C1CN(C2CC2)Cc2cc(O)ccc21. The molecule has 0 aromatic heterocycles. The molecule has 0 bridgehead atoms. The van der Waals surface area contributed by atoms with Crippen LogP contribution in [0.1, 0.15) is 29.9 Å². The number of rotatable bonds is 2. The number of phenols is 1. The van der Waals surface area contributed by atoms with E-state index in [4.69, 9.17) is 0 Å². The number of hydrogen-bond donors (Lipinski definition) is 2. The summed E-state index contributed by atoms with van der Waals surface area (Å²) in [5.41, 5.74) is 1.81. The van der Waals surface area contributed by atoms with Crippen LogP contribution in [0.25, 0.3) is 0 Å². The lowest BCUT2D eigenvalue weighted by Gasteiger charge is -2.32. The Labute approximate surface area is 99.5 Å². The average molecular weight is 233 g/mol. The van der Waals surface area contributed by atoms with Crippen molar-refractivity contribution in [2.45, 2.75) is 31.3 Å². The van der Waals surface area contributed by atoms with Crippen LogP contribution in [0.15, 0.2) is 18.2 Å². The van der Waals surface area contributed by atoms with Crippen LogP contribution >= 0.6 is 0 Å². The van der Waals surface area contributed by atoms with E-state index in [1.165, 1.54) is 12.8 Å². The van der Waals surface area contributed by atoms with Crippen LogP contribution < -0.4 is 0 Å². The summed E-state index contributed by atoms with van der Waals surface area (Å²) in [5, 5.41) is 18.8. The summed E-state index contributed by atoms with van der Waals surface area (Å²) in [5.74, 6) is -1.02. The minimum Gasteiger partial charge on any atom is -0.508 e. The number of carboxylic acid groups (broad SMARTS) is 1. The van der Waals surface area contributed by atoms with Crippen molar-refractivity contribution in [3.8, 4) is 5.75 Å². The van der Waals surface area contributed by atoms with Crippen molar-refractivity contribution < 1.29 is 15.0 Å². The lowest BCUT2D eigenvalue weighted by atomic mass is 9.89. The molecule has 90 valence electrons. The Hall–Kier alpha value is -1.55. The largest absolute Gasteiger partial charge is 0.508 e. The number of phenolic OH excluding ortho intramolecular Hbond substituents is 1. The van der Waals surface area contributed by atoms with Gasteiger partial charge in [0.05, 0.1) is 5.92 Å². The van der Waals surface area contributed by atoms with Crippen molar-refractivity contribution in [2.24, 2.45) is 0 Å². The quantitative estimate of drug-likeness (QED) is 0.813. The first kappa shape index (κ1) is 10.6. The molecule has 1 saturated carbocycles. The summed E-state index contributed by atoms with van der Waals surface area (Å²) in [7, 11) is 0. The Kier molecular flexibility index (Phi) is 2.33. The number of carbonyl (C=O) groups is 1. The highest BCUT2D eigenvalue weighted by molar-refractivity contribution is 5.77. The van der Waals surface area contributed by atoms with Gasteiger partial charge in [0.25, 0.3) is 0 Å². The van der Waals surface area contributed by atoms with Crippen molar-refractivity contribution in [1.82, 2.24) is 4.90 Å². The molecule has 1 aliphatic carbocycles. The fourth-order valence-corrected chi connectivity index (χ4v) is 2.61. The topological polar surface area (TPSA) is 60.8 Å². The number of fused-ring (bicyclic) bond motifs is 1. The molecule has 2 aliphatic rings. The zero-order chi connectivity index (χ0) is 12.0. The van der Waals surface area contributed by atoms with E-state index >= 15 is 0 Å². The molecule has 1 aromatic rings. The van der Waals surface area contributed by atoms with Gasteiger partial charge in [-0.25, -0.2) is 0 Å².